The Labute approximate surface area is 485 Å². The van der Waals surface area contributed by atoms with Crippen molar-refractivity contribution in [3.05, 3.63) is 101 Å². The fraction of sp³-hybridized carbons (Fsp3) is 0.613. The van der Waals surface area contributed by atoms with Gasteiger partial charge in [0.05, 0.1) is 18.8 Å². The number of nitrogens with one attached hydrogen (secondary N) is 6. The van der Waals surface area contributed by atoms with Crippen molar-refractivity contribution in [1.29, 1.82) is 0 Å². The zero-order valence-electron chi connectivity index (χ0n) is 49.0. The number of amides is 6. The Bertz CT molecular complexity index is 1700. The Hall–Kier alpha value is -6.12. The van der Waals surface area contributed by atoms with Gasteiger partial charge in [0, 0.05) is 97.4 Å². The van der Waals surface area contributed by atoms with E-state index in [2.05, 4.69) is 84.5 Å². The van der Waals surface area contributed by atoms with E-state index >= 15 is 0 Å². The second-order valence-corrected chi connectivity index (χ2v) is 19.4. The van der Waals surface area contributed by atoms with Crippen LogP contribution in [-0.4, -0.2) is 150 Å². The molecular weight excluding hydrogens is 1040 g/mol. The first-order chi connectivity index (χ1) is 39.1. The third-order valence-electron chi connectivity index (χ3n) is 12.5. The van der Waals surface area contributed by atoms with Gasteiger partial charge in [0.2, 0.25) is 35.4 Å². The molecule has 0 rings (SSSR count). The van der Waals surface area contributed by atoms with Crippen LogP contribution in [0.1, 0.15) is 141 Å². The lowest BCUT2D eigenvalue weighted by Gasteiger charge is -2.35. The highest BCUT2D eigenvalue weighted by Crippen LogP contribution is 2.27. The summed E-state index contributed by atoms with van der Waals surface area (Å²) in [7, 11) is 0. The quantitative estimate of drug-likeness (QED) is 0.0256. The highest BCUT2D eigenvalue weighted by atomic mass is 16.5. The van der Waals surface area contributed by atoms with Crippen molar-refractivity contribution in [1.82, 2.24) is 31.9 Å². The van der Waals surface area contributed by atoms with E-state index in [1.165, 1.54) is 48.6 Å². The predicted octanol–water partition coefficient (Wildman–Crippen LogP) is 7.44. The smallest absolute Gasteiger partial charge is 0.243 e. The van der Waals surface area contributed by atoms with E-state index in [1.54, 1.807) is 0 Å². The summed E-state index contributed by atoms with van der Waals surface area (Å²) in [5, 5.41) is 17.2. The van der Waals surface area contributed by atoms with Crippen LogP contribution in [0.4, 0.5) is 0 Å². The summed E-state index contributed by atoms with van der Waals surface area (Å²) in [6.07, 6.45) is 26.9. The van der Waals surface area contributed by atoms with Gasteiger partial charge in [0.15, 0.2) is 11.6 Å². The lowest BCUT2D eigenvalue weighted by atomic mass is 9.83. The summed E-state index contributed by atoms with van der Waals surface area (Å²) in [4.78, 5) is 92.5. The Balaban J connectivity index is 0. The molecule has 0 saturated carbocycles. The number of carbonyl (C=O) groups is 8. The molecule has 0 aromatic carbocycles. The van der Waals surface area contributed by atoms with E-state index in [1.807, 2.05) is 0 Å². The van der Waals surface area contributed by atoms with Crippen molar-refractivity contribution in [3.63, 3.8) is 0 Å². The van der Waals surface area contributed by atoms with Crippen LogP contribution in [0.25, 0.3) is 0 Å². The van der Waals surface area contributed by atoms with Gasteiger partial charge >= 0.3 is 0 Å². The highest BCUT2D eigenvalue weighted by molar-refractivity contribution is 5.90. The van der Waals surface area contributed by atoms with E-state index in [4.69, 9.17) is 23.7 Å². The second kappa shape index (κ2) is 54.5. The van der Waals surface area contributed by atoms with E-state index in [0.717, 1.165) is 109 Å². The number of hydrogen-bond acceptors (Lipinski definition) is 13. The molecule has 0 aromatic heterocycles. The molecule has 19 heteroatoms. The fourth-order valence-electron chi connectivity index (χ4n) is 8.03. The number of ketones is 2. The Morgan fingerprint density at radius 2 is 0.568 bits per heavy atom. The minimum atomic E-state index is -0.710. The summed E-state index contributed by atoms with van der Waals surface area (Å²) in [6, 6.07) is 0. The Morgan fingerprint density at radius 3 is 0.951 bits per heavy atom. The molecule has 0 fully saturated rings. The first-order valence-electron chi connectivity index (χ1n) is 28.8. The number of rotatable bonds is 57. The van der Waals surface area contributed by atoms with Crippen LogP contribution >= 0.6 is 0 Å². The SMILES string of the molecule is C=CC(=O)CCCCCCCC(COCCCCNC(=O)C=C)(COCCCCNC(=O)C=C)NC(=O)C=C.C=CC(=O)CCCCOCCCC(CCCOCCCNC(=O)C=C)(CCCOCCCNC(=O)C=C)NC(=O)C=C. The number of allylic oxidation sites excluding steroid dienone is 2. The monoisotopic (exact) mass is 1140 g/mol. The van der Waals surface area contributed by atoms with Gasteiger partial charge in [0.25, 0.3) is 0 Å². The van der Waals surface area contributed by atoms with Gasteiger partial charge in [-0.3, -0.25) is 38.4 Å². The first-order valence-corrected chi connectivity index (χ1v) is 28.8. The Kier molecular flexibility index (Phi) is 51.7. The van der Waals surface area contributed by atoms with Crippen LogP contribution in [0.5, 0.6) is 0 Å². The van der Waals surface area contributed by atoms with Crippen LogP contribution < -0.4 is 31.9 Å². The minimum absolute atomic E-state index is 0.0460. The summed E-state index contributed by atoms with van der Waals surface area (Å²) >= 11 is 0. The lowest BCUT2D eigenvalue weighted by Crippen LogP contribution is -2.55. The van der Waals surface area contributed by atoms with Crippen LogP contribution in [-0.2, 0) is 62.0 Å². The van der Waals surface area contributed by atoms with Gasteiger partial charge in [-0.2, -0.15) is 0 Å². The minimum Gasteiger partial charge on any atom is -0.381 e. The molecule has 0 radical (unpaired) electrons. The van der Waals surface area contributed by atoms with Crippen molar-refractivity contribution >= 4 is 47.0 Å². The van der Waals surface area contributed by atoms with Crippen LogP contribution in [0.2, 0.25) is 0 Å². The lowest BCUT2D eigenvalue weighted by molar-refractivity contribution is -0.121. The maximum absolute atomic E-state index is 12.4. The molecule has 0 aromatic rings. The molecule has 0 unspecified atom stereocenters. The van der Waals surface area contributed by atoms with Crippen molar-refractivity contribution in [2.75, 3.05) is 92.2 Å². The molecule has 19 nitrogen and oxygen atoms in total. The van der Waals surface area contributed by atoms with Crippen molar-refractivity contribution < 1.29 is 62.0 Å². The van der Waals surface area contributed by atoms with Crippen LogP contribution in [0.15, 0.2) is 101 Å². The van der Waals surface area contributed by atoms with Gasteiger partial charge < -0.3 is 55.6 Å². The van der Waals surface area contributed by atoms with Crippen molar-refractivity contribution in [2.45, 2.75) is 152 Å². The normalized spacial score (nSPS) is 10.8. The van der Waals surface area contributed by atoms with Crippen molar-refractivity contribution in [2.24, 2.45) is 0 Å². The zero-order valence-corrected chi connectivity index (χ0v) is 49.0. The number of ether oxygens (including phenoxy) is 5. The molecule has 0 aliphatic carbocycles. The van der Waals surface area contributed by atoms with Gasteiger partial charge in [-0.15, -0.1) is 0 Å². The summed E-state index contributed by atoms with van der Waals surface area (Å²) in [5.74, 6) is -1.19. The third-order valence-corrected chi connectivity index (χ3v) is 12.5. The number of carbonyl (C=O) groups excluding carboxylic acids is 8. The number of unbranched alkanes of at least 4 members (excludes halogenated alkanes) is 7. The Morgan fingerprint density at radius 1 is 0.284 bits per heavy atom. The van der Waals surface area contributed by atoms with Crippen molar-refractivity contribution in [3.8, 4) is 0 Å². The summed E-state index contributed by atoms with van der Waals surface area (Å²) in [5.41, 5.74) is -1.17. The molecule has 81 heavy (non-hydrogen) atoms. The molecule has 458 valence electrons. The van der Waals surface area contributed by atoms with E-state index in [0.29, 0.717) is 111 Å². The molecule has 0 spiro atoms. The van der Waals surface area contributed by atoms with E-state index < -0.39 is 11.1 Å². The summed E-state index contributed by atoms with van der Waals surface area (Å²) < 4.78 is 29.3. The molecule has 0 aliphatic rings. The second-order valence-electron chi connectivity index (χ2n) is 19.4. The van der Waals surface area contributed by atoms with Crippen LogP contribution in [0, 0.1) is 0 Å². The molecule has 6 amide bonds. The van der Waals surface area contributed by atoms with Gasteiger partial charge in [-0.1, -0.05) is 78.3 Å². The molecule has 0 bridgehead atoms. The predicted molar refractivity (Wildman–Crippen MR) is 321 cm³/mol. The first kappa shape index (κ1) is 76.9. The average molecular weight is 1140 g/mol. The van der Waals surface area contributed by atoms with Crippen LogP contribution in [0.3, 0.4) is 0 Å². The highest BCUT2D eigenvalue weighted by Gasteiger charge is 2.32. The maximum atomic E-state index is 12.4. The van der Waals surface area contributed by atoms with Gasteiger partial charge in [-0.25, -0.2) is 0 Å². The maximum Gasteiger partial charge on any atom is 0.243 e. The molecule has 6 N–H and O–H groups in total. The van der Waals surface area contributed by atoms with Gasteiger partial charge in [-0.05, 0) is 151 Å². The third kappa shape index (κ3) is 48.3. The van der Waals surface area contributed by atoms with E-state index in [-0.39, 0.29) is 60.2 Å². The molecule has 0 heterocycles. The number of hydrogen-bond donors (Lipinski definition) is 6. The zero-order chi connectivity index (χ0) is 60.5. The average Bonchev–Trinajstić information content (AvgIpc) is 3.49. The summed E-state index contributed by atoms with van der Waals surface area (Å²) in [6.45, 7) is 34.8. The van der Waals surface area contributed by atoms with Gasteiger partial charge in [0.1, 0.15) is 0 Å². The standard InChI is InChI=1S/C32H53N3O7.C30H49N3O6/c1-5-28(36)16-9-10-22-40-23-11-17-32(35-31(39)8-4,18-12-24-41-26-14-20-33-29(37)6-2)19-13-25-42-27-15-21-34-30(38)7-3;1-5-26(34)18-12-10-9-11-13-19-30(33-29(37)8-4,24-38-22-16-14-20-31-27(35)6-2)25-39-23-17-15-21-32-28(36)7-3/h5-8H,1-4,9-27H2,(H,33,37)(H,34,38)(H,35,39);5-8H,1-4,9-25H2,(H,31,35)(H,32,36)(H,33,37). The molecule has 0 atom stereocenters. The largest absolute Gasteiger partial charge is 0.381 e. The topological polar surface area (TPSA) is 255 Å². The molecule has 0 aliphatic heterocycles. The van der Waals surface area contributed by atoms with E-state index in [9.17, 15) is 38.4 Å². The molecular formula is C62H102N6O13. The fourth-order valence-corrected chi connectivity index (χ4v) is 8.03. The molecule has 0 saturated heterocycles.